The van der Waals surface area contributed by atoms with Crippen LogP contribution < -0.4 is 0 Å². The fraction of sp³-hybridized carbons (Fsp3) is 0.562. The van der Waals surface area contributed by atoms with Gasteiger partial charge in [-0.05, 0) is 12.8 Å². The van der Waals surface area contributed by atoms with E-state index < -0.39 is 0 Å². The predicted octanol–water partition coefficient (Wildman–Crippen LogP) is 2.50. The van der Waals surface area contributed by atoms with E-state index in [-0.39, 0.29) is 12.4 Å². The van der Waals surface area contributed by atoms with Gasteiger partial charge in [-0.3, -0.25) is 9.69 Å². The highest BCUT2D eigenvalue weighted by Gasteiger charge is 2.22. The summed E-state index contributed by atoms with van der Waals surface area (Å²) in [5.41, 5.74) is 0.790. The number of aliphatic hydroxyl groups excluding tert-OH is 1. The number of nitrogens with zero attached hydrogens (tertiary/aromatic N) is 1. The fourth-order valence-electron chi connectivity index (χ4n) is 2.89. The molecular formula is C16H23NO2. The van der Waals surface area contributed by atoms with E-state index in [0.29, 0.717) is 19.0 Å². The first-order valence-corrected chi connectivity index (χ1v) is 7.24. The van der Waals surface area contributed by atoms with Crippen LogP contribution in [-0.2, 0) is 0 Å². The zero-order valence-electron chi connectivity index (χ0n) is 11.4. The summed E-state index contributed by atoms with van der Waals surface area (Å²) in [5.74, 6) is 0.196. The Kier molecular flexibility index (Phi) is 5.55. The van der Waals surface area contributed by atoms with Crippen LogP contribution in [0.2, 0.25) is 0 Å². The molecule has 1 aliphatic carbocycles. The maximum atomic E-state index is 12.1. The predicted molar refractivity (Wildman–Crippen MR) is 76.3 cm³/mol. The van der Waals surface area contributed by atoms with Crippen LogP contribution in [0.15, 0.2) is 30.3 Å². The molecule has 1 aliphatic rings. The second kappa shape index (κ2) is 7.41. The first-order chi connectivity index (χ1) is 9.31. The van der Waals surface area contributed by atoms with Gasteiger partial charge in [0.1, 0.15) is 0 Å². The molecule has 0 heterocycles. The fourth-order valence-corrected chi connectivity index (χ4v) is 2.89. The molecule has 3 heteroatoms. The Morgan fingerprint density at radius 1 is 1.16 bits per heavy atom. The normalized spacial score (nSPS) is 16.1. The average Bonchev–Trinajstić information content (AvgIpc) is 2.98. The lowest BCUT2D eigenvalue weighted by Gasteiger charge is -2.27. The van der Waals surface area contributed by atoms with E-state index in [1.54, 1.807) is 0 Å². The maximum absolute atomic E-state index is 12.1. The highest BCUT2D eigenvalue weighted by atomic mass is 16.3. The van der Waals surface area contributed by atoms with E-state index in [1.807, 2.05) is 30.3 Å². The molecule has 0 radical (unpaired) electrons. The van der Waals surface area contributed by atoms with E-state index in [4.69, 9.17) is 5.11 Å². The molecule has 0 atom stereocenters. The second-order valence-corrected chi connectivity index (χ2v) is 5.24. The van der Waals surface area contributed by atoms with Crippen LogP contribution in [0, 0.1) is 0 Å². The monoisotopic (exact) mass is 261 g/mol. The first kappa shape index (κ1) is 14.2. The Morgan fingerprint density at radius 3 is 2.47 bits per heavy atom. The molecule has 1 aromatic carbocycles. The van der Waals surface area contributed by atoms with Crippen molar-refractivity contribution < 1.29 is 9.90 Å². The van der Waals surface area contributed by atoms with Crippen molar-refractivity contribution in [2.24, 2.45) is 0 Å². The second-order valence-electron chi connectivity index (χ2n) is 5.24. The molecule has 1 aromatic rings. The molecule has 3 nitrogen and oxygen atoms in total. The summed E-state index contributed by atoms with van der Waals surface area (Å²) >= 11 is 0. The molecule has 0 aromatic heterocycles. The number of benzene rings is 1. The van der Waals surface area contributed by atoms with Gasteiger partial charge in [-0.15, -0.1) is 0 Å². The van der Waals surface area contributed by atoms with E-state index in [1.165, 1.54) is 25.7 Å². The van der Waals surface area contributed by atoms with Gasteiger partial charge in [0.2, 0.25) is 0 Å². The van der Waals surface area contributed by atoms with Gasteiger partial charge < -0.3 is 5.11 Å². The number of rotatable bonds is 7. The molecule has 0 spiro atoms. The third kappa shape index (κ3) is 4.15. The number of hydrogen-bond donors (Lipinski definition) is 1. The molecule has 0 unspecified atom stereocenters. The number of Topliss-reactive ketones (excluding diaryl/α,β-unsaturated/α-hetero) is 1. The van der Waals surface area contributed by atoms with E-state index >= 15 is 0 Å². The summed E-state index contributed by atoms with van der Waals surface area (Å²) in [4.78, 5) is 14.4. The van der Waals surface area contributed by atoms with E-state index in [9.17, 15) is 4.79 Å². The van der Waals surface area contributed by atoms with Crippen LogP contribution in [0.4, 0.5) is 0 Å². The van der Waals surface area contributed by atoms with Crippen molar-refractivity contribution in [3.05, 3.63) is 35.9 Å². The topological polar surface area (TPSA) is 40.5 Å². The van der Waals surface area contributed by atoms with E-state index in [0.717, 1.165) is 12.1 Å². The molecule has 0 amide bonds. The molecule has 19 heavy (non-hydrogen) atoms. The molecule has 0 saturated heterocycles. The number of hydrogen-bond acceptors (Lipinski definition) is 3. The summed E-state index contributed by atoms with van der Waals surface area (Å²) in [5, 5.41) is 9.15. The van der Waals surface area contributed by atoms with Gasteiger partial charge >= 0.3 is 0 Å². The van der Waals surface area contributed by atoms with Crippen molar-refractivity contribution in [2.45, 2.75) is 38.1 Å². The smallest absolute Gasteiger partial charge is 0.164 e. The Hall–Kier alpha value is -1.19. The van der Waals surface area contributed by atoms with Crippen molar-refractivity contribution in [2.75, 3.05) is 19.7 Å². The highest BCUT2D eigenvalue weighted by molar-refractivity contribution is 5.96. The molecule has 0 aliphatic heterocycles. The summed E-state index contributed by atoms with van der Waals surface area (Å²) in [6.07, 6.45) is 5.51. The highest BCUT2D eigenvalue weighted by Crippen LogP contribution is 2.23. The van der Waals surface area contributed by atoms with Gasteiger partial charge in [0.15, 0.2) is 5.78 Å². The number of ketones is 1. The van der Waals surface area contributed by atoms with Gasteiger partial charge in [0.25, 0.3) is 0 Å². The minimum atomic E-state index is 0.177. The van der Waals surface area contributed by atoms with Gasteiger partial charge in [-0.25, -0.2) is 0 Å². The minimum Gasteiger partial charge on any atom is -0.395 e. The molecule has 2 rings (SSSR count). The summed E-state index contributed by atoms with van der Waals surface area (Å²) < 4.78 is 0. The number of aliphatic hydroxyl groups is 1. The van der Waals surface area contributed by atoms with Crippen molar-refractivity contribution in [3.63, 3.8) is 0 Å². The molecular weight excluding hydrogens is 238 g/mol. The Balaban J connectivity index is 1.86. The Bertz CT molecular complexity index is 385. The maximum Gasteiger partial charge on any atom is 0.164 e. The summed E-state index contributed by atoms with van der Waals surface area (Å²) in [6.45, 7) is 1.63. The van der Waals surface area contributed by atoms with Crippen molar-refractivity contribution in [1.82, 2.24) is 4.90 Å². The van der Waals surface area contributed by atoms with Gasteiger partial charge in [-0.1, -0.05) is 43.2 Å². The molecule has 1 N–H and O–H groups in total. The Morgan fingerprint density at radius 2 is 1.84 bits per heavy atom. The quantitative estimate of drug-likeness (QED) is 0.767. The standard InChI is InChI=1S/C16H23NO2/c18-13-12-17(15-8-4-5-9-15)11-10-16(19)14-6-2-1-3-7-14/h1-3,6-7,15,18H,4-5,8-13H2. The van der Waals surface area contributed by atoms with Gasteiger partial charge in [-0.2, -0.15) is 0 Å². The van der Waals surface area contributed by atoms with Crippen molar-refractivity contribution in [3.8, 4) is 0 Å². The van der Waals surface area contributed by atoms with Gasteiger partial charge in [0.05, 0.1) is 6.61 Å². The third-order valence-electron chi connectivity index (χ3n) is 3.95. The molecule has 1 fully saturated rings. The molecule has 0 bridgehead atoms. The van der Waals surface area contributed by atoms with E-state index in [2.05, 4.69) is 4.90 Å². The summed E-state index contributed by atoms with van der Waals surface area (Å²) in [7, 11) is 0. The van der Waals surface area contributed by atoms with Crippen LogP contribution in [0.3, 0.4) is 0 Å². The van der Waals surface area contributed by atoms with Crippen LogP contribution >= 0.6 is 0 Å². The average molecular weight is 261 g/mol. The largest absolute Gasteiger partial charge is 0.395 e. The van der Waals surface area contributed by atoms with Crippen molar-refractivity contribution in [1.29, 1.82) is 0 Å². The lowest BCUT2D eigenvalue weighted by molar-refractivity contribution is 0.0934. The van der Waals surface area contributed by atoms with Gasteiger partial charge in [0, 0.05) is 31.1 Å². The zero-order chi connectivity index (χ0) is 13.5. The first-order valence-electron chi connectivity index (χ1n) is 7.24. The molecule has 1 saturated carbocycles. The number of carbonyl (C=O) groups is 1. The third-order valence-corrected chi connectivity index (χ3v) is 3.95. The lowest BCUT2D eigenvalue weighted by Crippen LogP contribution is -2.37. The van der Waals surface area contributed by atoms with Crippen LogP contribution in [0.1, 0.15) is 42.5 Å². The lowest BCUT2D eigenvalue weighted by atomic mass is 10.1. The Labute approximate surface area is 115 Å². The zero-order valence-corrected chi connectivity index (χ0v) is 11.4. The van der Waals surface area contributed by atoms with Crippen LogP contribution in [-0.4, -0.2) is 41.5 Å². The summed E-state index contributed by atoms with van der Waals surface area (Å²) in [6, 6.07) is 10.0. The number of carbonyl (C=O) groups excluding carboxylic acids is 1. The van der Waals surface area contributed by atoms with Crippen LogP contribution in [0.5, 0.6) is 0 Å². The minimum absolute atomic E-state index is 0.177. The van der Waals surface area contributed by atoms with Crippen molar-refractivity contribution >= 4 is 5.78 Å². The molecule has 104 valence electrons. The SMILES string of the molecule is O=C(CCN(CCO)C1CCCC1)c1ccccc1. The van der Waals surface area contributed by atoms with Crippen LogP contribution in [0.25, 0.3) is 0 Å².